The van der Waals surface area contributed by atoms with Gasteiger partial charge in [0.05, 0.1) is 12.1 Å². The fraction of sp³-hybridized carbons (Fsp3) is 0.750. The molecule has 14 heavy (non-hydrogen) atoms. The summed E-state index contributed by atoms with van der Waals surface area (Å²) in [6.07, 6.45) is 1.15. The highest BCUT2D eigenvalue weighted by molar-refractivity contribution is 5.78. The van der Waals surface area contributed by atoms with Gasteiger partial charge in [0.15, 0.2) is 0 Å². The maximum Gasteiger partial charge on any atom is 0.361 e. The highest BCUT2D eigenvalue weighted by Gasteiger charge is 2.42. The Morgan fingerprint density at radius 2 is 2.07 bits per heavy atom. The Hall–Kier alpha value is -1.23. The van der Waals surface area contributed by atoms with Gasteiger partial charge < -0.3 is 15.6 Å². The van der Waals surface area contributed by atoms with Gasteiger partial charge >= 0.3 is 5.97 Å². The molecule has 0 fully saturated rings. The highest BCUT2D eigenvalue weighted by Crippen LogP contribution is 2.20. The molecule has 1 atom stereocenters. The number of nitrogens with zero attached hydrogens (tertiary/aromatic N) is 1. The van der Waals surface area contributed by atoms with Crippen LogP contribution in [0.1, 0.15) is 20.8 Å². The summed E-state index contributed by atoms with van der Waals surface area (Å²) in [6, 6.07) is 0. The van der Waals surface area contributed by atoms with Crippen molar-refractivity contribution in [1.29, 1.82) is 0 Å². The predicted octanol–water partition coefficient (Wildman–Crippen LogP) is -0.123. The molecule has 3 N–H and O–H groups in total. The molecule has 80 valence electrons. The van der Waals surface area contributed by atoms with E-state index in [0.29, 0.717) is 0 Å². The van der Waals surface area contributed by atoms with E-state index in [1.807, 2.05) is 0 Å². The van der Waals surface area contributed by atoms with Gasteiger partial charge in [0.25, 0.3) is 5.72 Å². The van der Waals surface area contributed by atoms with Crippen molar-refractivity contribution < 1.29 is 19.4 Å². The Kier molecular flexibility index (Phi) is 3.94. The van der Waals surface area contributed by atoms with Crippen LogP contribution in [0.15, 0.2) is 4.99 Å². The van der Waals surface area contributed by atoms with Gasteiger partial charge in [-0.25, -0.2) is 9.59 Å². The lowest BCUT2D eigenvalue weighted by Crippen LogP contribution is -2.50. The third-order valence-corrected chi connectivity index (χ3v) is 1.31. The molecule has 0 aromatic heterocycles. The standard InChI is InChI=1S/C8H14N2O4/c1-7(2,3)14-8(4-9,6(12)13)10-5-11/h4,9H2,1-3H3,(H,12,13). The van der Waals surface area contributed by atoms with Gasteiger partial charge in [0.2, 0.25) is 6.08 Å². The number of isocyanates is 1. The third-order valence-electron chi connectivity index (χ3n) is 1.31. The summed E-state index contributed by atoms with van der Waals surface area (Å²) in [7, 11) is 0. The molecule has 0 amide bonds. The maximum absolute atomic E-state index is 10.8. The molecule has 0 aromatic carbocycles. The van der Waals surface area contributed by atoms with Gasteiger partial charge in [0, 0.05) is 0 Å². The Morgan fingerprint density at radius 1 is 1.57 bits per heavy atom. The van der Waals surface area contributed by atoms with Crippen LogP contribution in [-0.2, 0) is 14.3 Å². The molecule has 0 aliphatic rings. The number of ether oxygens (including phenoxy) is 1. The van der Waals surface area contributed by atoms with Crippen LogP contribution in [0, 0.1) is 0 Å². The molecule has 6 heteroatoms. The second kappa shape index (κ2) is 4.32. The van der Waals surface area contributed by atoms with Crippen LogP contribution in [0.4, 0.5) is 0 Å². The predicted molar refractivity (Wildman–Crippen MR) is 48.4 cm³/mol. The van der Waals surface area contributed by atoms with Gasteiger partial charge in [-0.2, -0.15) is 4.99 Å². The quantitative estimate of drug-likeness (QED) is 0.488. The Labute approximate surface area is 81.8 Å². The van der Waals surface area contributed by atoms with Crippen LogP contribution in [0.25, 0.3) is 0 Å². The zero-order chi connectivity index (χ0) is 11.4. The number of carbonyl (C=O) groups excluding carboxylic acids is 1. The summed E-state index contributed by atoms with van der Waals surface area (Å²) in [6.45, 7) is 4.50. The first-order chi connectivity index (χ1) is 6.27. The van der Waals surface area contributed by atoms with Crippen molar-refractivity contribution in [2.24, 2.45) is 10.7 Å². The second-order valence-corrected chi connectivity index (χ2v) is 3.71. The second-order valence-electron chi connectivity index (χ2n) is 3.71. The summed E-state index contributed by atoms with van der Waals surface area (Å²) in [4.78, 5) is 24.0. The van der Waals surface area contributed by atoms with E-state index in [9.17, 15) is 9.59 Å². The van der Waals surface area contributed by atoms with Gasteiger partial charge in [-0.15, -0.1) is 0 Å². The first-order valence-electron chi connectivity index (χ1n) is 4.00. The molecular weight excluding hydrogens is 188 g/mol. The van der Waals surface area contributed by atoms with Crippen molar-refractivity contribution >= 4 is 12.0 Å². The van der Waals surface area contributed by atoms with E-state index in [-0.39, 0.29) is 0 Å². The summed E-state index contributed by atoms with van der Waals surface area (Å²) in [5.41, 5.74) is 2.43. The summed E-state index contributed by atoms with van der Waals surface area (Å²) in [5, 5.41) is 8.84. The van der Waals surface area contributed by atoms with Gasteiger partial charge in [-0.1, -0.05) is 0 Å². The summed E-state index contributed by atoms with van der Waals surface area (Å²) < 4.78 is 5.12. The number of hydrogen-bond acceptors (Lipinski definition) is 5. The summed E-state index contributed by atoms with van der Waals surface area (Å²) >= 11 is 0. The number of carbonyl (C=O) groups is 1. The molecule has 0 aliphatic carbocycles. The molecular formula is C8H14N2O4. The monoisotopic (exact) mass is 202 g/mol. The minimum absolute atomic E-state index is 0.422. The van der Waals surface area contributed by atoms with Crippen molar-refractivity contribution in [3.8, 4) is 0 Å². The molecule has 0 saturated heterocycles. The third kappa shape index (κ3) is 3.26. The van der Waals surface area contributed by atoms with E-state index < -0.39 is 23.8 Å². The van der Waals surface area contributed by atoms with E-state index in [0.717, 1.165) is 6.08 Å². The molecule has 0 bridgehead atoms. The van der Waals surface area contributed by atoms with Gasteiger partial charge in [0.1, 0.15) is 0 Å². The fourth-order valence-corrected chi connectivity index (χ4v) is 0.869. The number of carboxylic acid groups (broad SMARTS) is 1. The lowest BCUT2D eigenvalue weighted by Gasteiger charge is -2.30. The van der Waals surface area contributed by atoms with E-state index in [4.69, 9.17) is 15.6 Å². The van der Waals surface area contributed by atoms with Crippen LogP contribution in [-0.4, -0.2) is 35.0 Å². The van der Waals surface area contributed by atoms with Gasteiger partial charge in [-0.05, 0) is 20.8 Å². The number of aliphatic carboxylic acids is 1. The highest BCUT2D eigenvalue weighted by atomic mass is 16.6. The number of hydrogen-bond donors (Lipinski definition) is 2. The van der Waals surface area contributed by atoms with Crippen LogP contribution in [0.5, 0.6) is 0 Å². The SMILES string of the molecule is CC(C)(C)OC(CN)(N=C=O)C(=O)O. The first-order valence-corrected chi connectivity index (χ1v) is 4.00. The van der Waals surface area contributed by atoms with Gasteiger partial charge in [-0.3, -0.25) is 0 Å². The van der Waals surface area contributed by atoms with Crippen molar-refractivity contribution in [1.82, 2.24) is 0 Å². The average Bonchev–Trinajstić information content (AvgIpc) is 2.00. The number of aliphatic imine (C=N–C) groups is 1. The van der Waals surface area contributed by atoms with Crippen LogP contribution in [0.3, 0.4) is 0 Å². The minimum atomic E-state index is -2.03. The molecule has 6 nitrogen and oxygen atoms in total. The smallest absolute Gasteiger partial charge is 0.361 e. The van der Waals surface area contributed by atoms with E-state index >= 15 is 0 Å². The van der Waals surface area contributed by atoms with Crippen molar-refractivity contribution in [2.45, 2.75) is 32.1 Å². The maximum atomic E-state index is 10.8. The molecule has 0 aromatic rings. The number of nitrogens with two attached hydrogens (primary N) is 1. The molecule has 0 radical (unpaired) electrons. The van der Waals surface area contributed by atoms with E-state index in [1.54, 1.807) is 20.8 Å². The normalized spacial score (nSPS) is 15.4. The minimum Gasteiger partial charge on any atom is -0.478 e. The van der Waals surface area contributed by atoms with Crippen LogP contribution < -0.4 is 5.73 Å². The van der Waals surface area contributed by atoms with Crippen molar-refractivity contribution in [3.63, 3.8) is 0 Å². The summed E-state index contributed by atoms with van der Waals surface area (Å²) in [5.74, 6) is -1.40. The van der Waals surface area contributed by atoms with Crippen molar-refractivity contribution in [2.75, 3.05) is 6.54 Å². The lowest BCUT2D eigenvalue weighted by molar-refractivity contribution is -0.180. The zero-order valence-corrected chi connectivity index (χ0v) is 8.40. The molecule has 0 spiro atoms. The van der Waals surface area contributed by atoms with E-state index in [2.05, 4.69) is 4.99 Å². The fourth-order valence-electron chi connectivity index (χ4n) is 0.869. The molecule has 0 saturated carbocycles. The van der Waals surface area contributed by atoms with Crippen molar-refractivity contribution in [3.05, 3.63) is 0 Å². The average molecular weight is 202 g/mol. The van der Waals surface area contributed by atoms with E-state index in [1.165, 1.54) is 0 Å². The molecule has 0 aliphatic heterocycles. The van der Waals surface area contributed by atoms with Crippen LogP contribution in [0.2, 0.25) is 0 Å². The molecule has 0 heterocycles. The number of carboxylic acids is 1. The molecule has 1 unspecified atom stereocenters. The zero-order valence-electron chi connectivity index (χ0n) is 8.40. The largest absolute Gasteiger partial charge is 0.478 e. The lowest BCUT2D eigenvalue weighted by atomic mass is 10.1. The topological polar surface area (TPSA) is 102 Å². The Balaban J connectivity index is 5.05. The van der Waals surface area contributed by atoms with Crippen LogP contribution >= 0.6 is 0 Å². The number of rotatable bonds is 4. The Morgan fingerprint density at radius 3 is 2.29 bits per heavy atom. The first kappa shape index (κ1) is 12.8. The Bertz CT molecular complexity index is 261. The molecule has 0 rings (SSSR count).